The second kappa shape index (κ2) is 5.02. The summed E-state index contributed by atoms with van der Waals surface area (Å²) >= 11 is 1.54. The van der Waals surface area contributed by atoms with Crippen LogP contribution in [0.3, 0.4) is 0 Å². The van der Waals surface area contributed by atoms with Gasteiger partial charge in [-0.05, 0) is 11.4 Å². The Morgan fingerprint density at radius 2 is 2.10 bits per heavy atom. The summed E-state index contributed by atoms with van der Waals surface area (Å²) < 4.78 is 22.8. The summed E-state index contributed by atoms with van der Waals surface area (Å²) in [6.07, 6.45) is 1.50. The van der Waals surface area contributed by atoms with Gasteiger partial charge in [0.15, 0.2) is 9.84 Å². The summed E-state index contributed by atoms with van der Waals surface area (Å²) in [4.78, 5) is 14.0. The zero-order chi connectivity index (χ0) is 14.2. The monoisotopic (exact) mass is 311 g/mol. The molecule has 0 radical (unpaired) electrons. The van der Waals surface area contributed by atoms with Gasteiger partial charge in [-0.15, -0.1) is 0 Å². The minimum Gasteiger partial charge on any atom is -0.336 e. The topological polar surface area (TPSA) is 83.1 Å². The first-order valence-electron chi connectivity index (χ1n) is 6.12. The quantitative estimate of drug-likeness (QED) is 0.897. The van der Waals surface area contributed by atoms with Crippen LogP contribution in [0.15, 0.2) is 23.0 Å². The third-order valence-corrected chi connectivity index (χ3v) is 5.60. The molecule has 0 aromatic carbocycles. The number of H-pyrrole nitrogens is 1. The van der Waals surface area contributed by atoms with Crippen molar-refractivity contribution < 1.29 is 13.2 Å². The van der Waals surface area contributed by atoms with Gasteiger partial charge in [-0.2, -0.15) is 16.4 Å². The second-order valence-electron chi connectivity index (χ2n) is 4.61. The van der Waals surface area contributed by atoms with Gasteiger partial charge in [0, 0.05) is 24.0 Å². The Labute approximate surface area is 120 Å². The van der Waals surface area contributed by atoms with Crippen LogP contribution in [-0.2, 0) is 9.84 Å². The van der Waals surface area contributed by atoms with E-state index in [4.69, 9.17) is 0 Å². The third kappa shape index (κ3) is 2.48. The van der Waals surface area contributed by atoms with E-state index in [0.717, 1.165) is 5.56 Å². The van der Waals surface area contributed by atoms with E-state index < -0.39 is 9.84 Å². The Bertz CT molecular complexity index is 705. The van der Waals surface area contributed by atoms with Crippen molar-refractivity contribution in [3.8, 4) is 11.3 Å². The lowest BCUT2D eigenvalue weighted by Crippen LogP contribution is -2.43. The van der Waals surface area contributed by atoms with Gasteiger partial charge in [0.25, 0.3) is 5.91 Å². The summed E-state index contributed by atoms with van der Waals surface area (Å²) in [6, 6.07) is 1.91. The molecule has 2 aromatic rings. The van der Waals surface area contributed by atoms with Crippen LogP contribution in [0.4, 0.5) is 0 Å². The maximum absolute atomic E-state index is 12.5. The van der Waals surface area contributed by atoms with Crippen molar-refractivity contribution in [2.24, 2.45) is 0 Å². The molecule has 0 unspecified atom stereocenters. The molecule has 1 saturated heterocycles. The van der Waals surface area contributed by atoms with E-state index in [0.29, 0.717) is 11.3 Å². The standard InChI is InChI=1S/C12H13N3O3S2/c16-12(15-2-5-20(17,18)6-3-15)10-7-13-14-11(10)9-1-4-19-8-9/h1,4,7-8H,2-3,5-6H2,(H,13,14). The van der Waals surface area contributed by atoms with E-state index in [9.17, 15) is 13.2 Å². The molecule has 1 amide bonds. The van der Waals surface area contributed by atoms with E-state index in [2.05, 4.69) is 10.2 Å². The van der Waals surface area contributed by atoms with Crippen LogP contribution >= 0.6 is 11.3 Å². The fourth-order valence-electron chi connectivity index (χ4n) is 2.16. The molecule has 3 rings (SSSR count). The average Bonchev–Trinajstić information content (AvgIpc) is 3.08. The molecule has 0 spiro atoms. The van der Waals surface area contributed by atoms with Crippen LogP contribution in [0.25, 0.3) is 11.3 Å². The molecule has 20 heavy (non-hydrogen) atoms. The first kappa shape index (κ1) is 13.3. The summed E-state index contributed by atoms with van der Waals surface area (Å²) in [6.45, 7) is 0.491. The van der Waals surface area contributed by atoms with Gasteiger partial charge in [0.2, 0.25) is 0 Å². The highest BCUT2D eigenvalue weighted by molar-refractivity contribution is 7.91. The number of carbonyl (C=O) groups excluding carboxylic acids is 1. The van der Waals surface area contributed by atoms with Gasteiger partial charge < -0.3 is 4.90 Å². The molecule has 0 aliphatic carbocycles. The lowest BCUT2D eigenvalue weighted by molar-refractivity contribution is 0.0771. The molecule has 0 bridgehead atoms. The number of aromatic nitrogens is 2. The molecule has 2 aromatic heterocycles. The fraction of sp³-hybridized carbons (Fsp3) is 0.333. The number of nitrogens with zero attached hydrogens (tertiary/aromatic N) is 2. The highest BCUT2D eigenvalue weighted by Crippen LogP contribution is 2.24. The molecular weight excluding hydrogens is 298 g/mol. The van der Waals surface area contributed by atoms with Crippen LogP contribution in [0.2, 0.25) is 0 Å². The summed E-state index contributed by atoms with van der Waals surface area (Å²) in [5, 5.41) is 10.6. The van der Waals surface area contributed by atoms with E-state index in [1.54, 1.807) is 16.2 Å². The van der Waals surface area contributed by atoms with Gasteiger partial charge in [-0.25, -0.2) is 8.42 Å². The first-order chi connectivity index (χ1) is 9.57. The Balaban J connectivity index is 1.84. The van der Waals surface area contributed by atoms with E-state index >= 15 is 0 Å². The fourth-order valence-corrected chi connectivity index (χ4v) is 4.01. The van der Waals surface area contributed by atoms with Crippen LogP contribution < -0.4 is 0 Å². The van der Waals surface area contributed by atoms with E-state index in [-0.39, 0.29) is 30.5 Å². The summed E-state index contributed by atoms with van der Waals surface area (Å²) in [5.74, 6) is -0.107. The van der Waals surface area contributed by atoms with Crippen molar-refractivity contribution in [2.75, 3.05) is 24.6 Å². The summed E-state index contributed by atoms with van der Waals surface area (Å²) in [7, 11) is -2.99. The minimum absolute atomic E-state index is 0.0321. The van der Waals surface area contributed by atoms with E-state index in [1.165, 1.54) is 6.20 Å². The Kier molecular flexibility index (Phi) is 3.35. The van der Waals surface area contributed by atoms with Crippen LogP contribution in [0, 0.1) is 0 Å². The van der Waals surface area contributed by atoms with Crippen molar-refractivity contribution in [3.63, 3.8) is 0 Å². The number of nitrogens with one attached hydrogen (secondary N) is 1. The smallest absolute Gasteiger partial charge is 0.257 e. The molecule has 1 N–H and O–H groups in total. The van der Waals surface area contributed by atoms with Crippen LogP contribution in [0.5, 0.6) is 0 Å². The molecule has 1 aliphatic rings. The molecular formula is C12H13N3O3S2. The van der Waals surface area contributed by atoms with Gasteiger partial charge >= 0.3 is 0 Å². The van der Waals surface area contributed by atoms with Gasteiger partial charge in [0.05, 0.1) is 29.0 Å². The summed E-state index contributed by atoms with van der Waals surface area (Å²) in [5.41, 5.74) is 2.09. The zero-order valence-electron chi connectivity index (χ0n) is 10.6. The highest BCUT2D eigenvalue weighted by atomic mass is 32.2. The van der Waals surface area contributed by atoms with Crippen LogP contribution in [-0.4, -0.2) is 54.0 Å². The van der Waals surface area contributed by atoms with Crippen molar-refractivity contribution in [1.82, 2.24) is 15.1 Å². The van der Waals surface area contributed by atoms with E-state index in [1.807, 2.05) is 16.8 Å². The SMILES string of the molecule is O=C(c1cn[nH]c1-c1ccsc1)N1CCS(=O)(=O)CC1. The molecule has 1 aliphatic heterocycles. The normalized spacial score (nSPS) is 18.1. The number of sulfone groups is 1. The predicted octanol–water partition coefficient (Wildman–Crippen LogP) is 1.01. The van der Waals surface area contributed by atoms with Gasteiger partial charge in [-0.3, -0.25) is 9.89 Å². The lowest BCUT2D eigenvalue weighted by Gasteiger charge is -2.26. The second-order valence-corrected chi connectivity index (χ2v) is 7.70. The molecule has 6 nitrogen and oxygen atoms in total. The number of hydrogen-bond donors (Lipinski definition) is 1. The predicted molar refractivity (Wildman–Crippen MR) is 76.5 cm³/mol. The zero-order valence-corrected chi connectivity index (χ0v) is 12.2. The van der Waals surface area contributed by atoms with Crippen molar-refractivity contribution in [3.05, 3.63) is 28.6 Å². The maximum atomic E-state index is 12.5. The molecule has 106 valence electrons. The van der Waals surface area contributed by atoms with Gasteiger partial charge in [0.1, 0.15) is 0 Å². The molecule has 8 heteroatoms. The first-order valence-corrected chi connectivity index (χ1v) is 8.89. The highest BCUT2D eigenvalue weighted by Gasteiger charge is 2.27. The van der Waals surface area contributed by atoms with Crippen LogP contribution in [0.1, 0.15) is 10.4 Å². The number of hydrogen-bond acceptors (Lipinski definition) is 5. The molecule has 3 heterocycles. The Hall–Kier alpha value is -1.67. The molecule has 0 atom stereocenters. The molecule has 0 saturated carbocycles. The maximum Gasteiger partial charge on any atom is 0.257 e. The van der Waals surface area contributed by atoms with Gasteiger partial charge in [-0.1, -0.05) is 0 Å². The number of aromatic amines is 1. The average molecular weight is 311 g/mol. The number of amides is 1. The number of rotatable bonds is 2. The Morgan fingerprint density at radius 3 is 2.75 bits per heavy atom. The number of carbonyl (C=O) groups is 1. The largest absolute Gasteiger partial charge is 0.336 e. The minimum atomic E-state index is -2.99. The lowest BCUT2D eigenvalue weighted by atomic mass is 10.1. The number of thiophene rings is 1. The van der Waals surface area contributed by atoms with Crippen molar-refractivity contribution in [2.45, 2.75) is 0 Å². The molecule has 1 fully saturated rings. The third-order valence-electron chi connectivity index (χ3n) is 3.31. The Morgan fingerprint density at radius 1 is 1.35 bits per heavy atom. The van der Waals surface area contributed by atoms with Crippen molar-refractivity contribution >= 4 is 27.1 Å². The van der Waals surface area contributed by atoms with Crippen molar-refractivity contribution in [1.29, 1.82) is 0 Å².